The molecule has 0 bridgehead atoms. The van der Waals surface area contributed by atoms with Crippen LogP contribution in [0.25, 0.3) is 0 Å². The van der Waals surface area contributed by atoms with Crippen molar-refractivity contribution in [1.29, 1.82) is 0 Å². The highest BCUT2D eigenvalue weighted by atomic mass is 32.1. The first-order valence-corrected chi connectivity index (χ1v) is 7.37. The monoisotopic (exact) mass is 272 g/mol. The zero-order valence-corrected chi connectivity index (χ0v) is 11.7. The minimum atomic E-state index is 0.155. The quantitative estimate of drug-likeness (QED) is 0.873. The molecule has 0 unspecified atom stereocenters. The van der Waals surface area contributed by atoms with Crippen molar-refractivity contribution >= 4 is 17.1 Å². The Morgan fingerprint density at radius 3 is 3.11 bits per heavy atom. The topological polar surface area (TPSA) is 42.0 Å². The highest BCUT2D eigenvalue weighted by Crippen LogP contribution is 2.18. The Hall–Kier alpha value is -1.52. The smallest absolute Gasteiger partial charge is 0.169 e. The second kappa shape index (κ2) is 5.23. The number of rotatable bonds is 3. The van der Waals surface area contributed by atoms with Crippen molar-refractivity contribution in [2.45, 2.75) is 26.3 Å². The highest BCUT2D eigenvalue weighted by Gasteiger charge is 2.14. The molecule has 0 fully saturated rings. The predicted octanol–water partition coefficient (Wildman–Crippen LogP) is 2.52. The summed E-state index contributed by atoms with van der Waals surface area (Å²) in [5, 5.41) is 6.23. The first-order chi connectivity index (χ1) is 9.22. The molecule has 0 atom stereocenters. The van der Waals surface area contributed by atoms with E-state index in [4.69, 9.17) is 0 Å². The molecule has 98 valence electrons. The van der Waals surface area contributed by atoms with Crippen LogP contribution in [0.3, 0.4) is 0 Å². The molecular weight excluding hydrogens is 256 g/mol. The van der Waals surface area contributed by atoms with Gasteiger partial charge in [-0.25, -0.2) is 4.98 Å². The predicted molar refractivity (Wildman–Crippen MR) is 76.7 cm³/mol. The number of nitrogens with one attached hydrogen (secondary N) is 1. The molecule has 0 aliphatic carbocycles. The molecule has 2 aromatic rings. The molecule has 2 heterocycles. The maximum absolute atomic E-state index is 12.3. The zero-order valence-electron chi connectivity index (χ0n) is 10.9. The molecule has 1 aliphatic rings. The Morgan fingerprint density at radius 2 is 2.32 bits per heavy atom. The van der Waals surface area contributed by atoms with Crippen LogP contribution in [0.4, 0.5) is 0 Å². The summed E-state index contributed by atoms with van der Waals surface area (Å²) in [5.41, 5.74) is 4.41. The van der Waals surface area contributed by atoms with Gasteiger partial charge in [0.1, 0.15) is 5.01 Å². The summed E-state index contributed by atoms with van der Waals surface area (Å²) in [6.45, 7) is 3.85. The van der Waals surface area contributed by atoms with Crippen LogP contribution in [-0.2, 0) is 19.4 Å². The third kappa shape index (κ3) is 2.74. The number of fused-ring (bicyclic) bond motifs is 1. The number of ketones is 1. The lowest BCUT2D eigenvalue weighted by Gasteiger charge is -2.17. The fourth-order valence-electron chi connectivity index (χ4n) is 2.38. The van der Waals surface area contributed by atoms with E-state index in [1.165, 1.54) is 11.1 Å². The summed E-state index contributed by atoms with van der Waals surface area (Å²) >= 11 is 1.56. The van der Waals surface area contributed by atoms with E-state index in [0.717, 1.165) is 35.8 Å². The lowest BCUT2D eigenvalue weighted by atomic mass is 9.96. The Bertz CT molecular complexity index is 618. The summed E-state index contributed by atoms with van der Waals surface area (Å²) in [6, 6.07) is 6.08. The lowest BCUT2D eigenvalue weighted by molar-refractivity contribution is 0.0993. The van der Waals surface area contributed by atoms with Crippen molar-refractivity contribution < 1.29 is 4.79 Å². The van der Waals surface area contributed by atoms with Crippen LogP contribution < -0.4 is 5.32 Å². The summed E-state index contributed by atoms with van der Waals surface area (Å²) in [4.78, 5) is 16.6. The standard InChI is InChI=1S/C15H16N2OS/c1-10-9-19-15(17-10)7-14(18)12-3-2-11-4-5-16-8-13(11)6-12/h2-3,6,9,16H,4-5,7-8H2,1H3. The van der Waals surface area contributed by atoms with Crippen LogP contribution in [0.5, 0.6) is 0 Å². The van der Waals surface area contributed by atoms with E-state index in [9.17, 15) is 4.79 Å². The van der Waals surface area contributed by atoms with E-state index in [-0.39, 0.29) is 5.78 Å². The van der Waals surface area contributed by atoms with Gasteiger partial charge in [-0.15, -0.1) is 11.3 Å². The molecule has 3 rings (SSSR count). The molecule has 1 aliphatic heterocycles. The minimum absolute atomic E-state index is 0.155. The van der Waals surface area contributed by atoms with Crippen molar-refractivity contribution in [1.82, 2.24) is 10.3 Å². The molecule has 1 aromatic heterocycles. The largest absolute Gasteiger partial charge is 0.312 e. The average molecular weight is 272 g/mol. The molecule has 0 spiro atoms. The van der Waals surface area contributed by atoms with Crippen LogP contribution in [-0.4, -0.2) is 17.3 Å². The zero-order chi connectivity index (χ0) is 13.2. The number of carbonyl (C=O) groups excluding carboxylic acids is 1. The van der Waals surface area contributed by atoms with Gasteiger partial charge < -0.3 is 5.32 Å². The van der Waals surface area contributed by atoms with Crippen molar-refractivity contribution in [2.75, 3.05) is 6.54 Å². The number of nitrogens with zero attached hydrogens (tertiary/aromatic N) is 1. The molecule has 0 saturated heterocycles. The molecule has 0 saturated carbocycles. The number of benzene rings is 1. The summed E-state index contributed by atoms with van der Waals surface area (Å²) < 4.78 is 0. The van der Waals surface area contributed by atoms with Crippen LogP contribution in [0.15, 0.2) is 23.6 Å². The van der Waals surface area contributed by atoms with Crippen LogP contribution in [0.1, 0.15) is 32.2 Å². The molecular formula is C15H16N2OS. The highest BCUT2D eigenvalue weighted by molar-refractivity contribution is 7.09. The van der Waals surface area contributed by atoms with Gasteiger partial charge in [-0.2, -0.15) is 0 Å². The van der Waals surface area contributed by atoms with Gasteiger partial charge in [0.15, 0.2) is 5.78 Å². The number of hydrogen-bond donors (Lipinski definition) is 1. The van der Waals surface area contributed by atoms with Crippen LogP contribution >= 0.6 is 11.3 Å². The van der Waals surface area contributed by atoms with Gasteiger partial charge in [0.2, 0.25) is 0 Å². The van der Waals surface area contributed by atoms with Crippen LogP contribution in [0, 0.1) is 6.92 Å². The number of hydrogen-bond acceptors (Lipinski definition) is 4. The number of Topliss-reactive ketones (excluding diaryl/α,β-unsaturated/α-hetero) is 1. The van der Waals surface area contributed by atoms with E-state index >= 15 is 0 Å². The Labute approximate surface area is 116 Å². The molecule has 0 amide bonds. The van der Waals surface area contributed by atoms with Crippen molar-refractivity contribution in [3.05, 3.63) is 51.0 Å². The molecule has 0 radical (unpaired) electrons. The van der Waals surface area contributed by atoms with E-state index in [1.54, 1.807) is 11.3 Å². The summed E-state index contributed by atoms with van der Waals surface area (Å²) in [6.07, 6.45) is 1.46. The van der Waals surface area contributed by atoms with Gasteiger partial charge in [-0.3, -0.25) is 4.79 Å². The number of carbonyl (C=O) groups is 1. The molecule has 1 N–H and O–H groups in total. The first-order valence-electron chi connectivity index (χ1n) is 6.49. The van der Waals surface area contributed by atoms with Gasteiger partial charge in [0, 0.05) is 23.2 Å². The fourth-order valence-corrected chi connectivity index (χ4v) is 3.15. The van der Waals surface area contributed by atoms with E-state index in [1.807, 2.05) is 24.4 Å². The minimum Gasteiger partial charge on any atom is -0.312 e. The van der Waals surface area contributed by atoms with Crippen molar-refractivity contribution in [3.63, 3.8) is 0 Å². The van der Waals surface area contributed by atoms with Gasteiger partial charge in [0.25, 0.3) is 0 Å². The third-order valence-electron chi connectivity index (χ3n) is 3.39. The molecule has 4 heteroatoms. The van der Waals surface area contributed by atoms with Gasteiger partial charge in [0.05, 0.1) is 6.42 Å². The van der Waals surface area contributed by atoms with E-state index in [2.05, 4.69) is 16.4 Å². The lowest BCUT2D eigenvalue weighted by Crippen LogP contribution is -2.23. The van der Waals surface area contributed by atoms with Crippen LogP contribution in [0.2, 0.25) is 0 Å². The number of aryl methyl sites for hydroxylation is 1. The Morgan fingerprint density at radius 1 is 1.42 bits per heavy atom. The van der Waals surface area contributed by atoms with E-state index in [0.29, 0.717) is 6.42 Å². The average Bonchev–Trinajstić information content (AvgIpc) is 2.83. The number of aromatic nitrogens is 1. The fraction of sp³-hybridized carbons (Fsp3) is 0.333. The Kier molecular flexibility index (Phi) is 3.44. The maximum atomic E-state index is 12.3. The van der Waals surface area contributed by atoms with Crippen molar-refractivity contribution in [2.24, 2.45) is 0 Å². The third-order valence-corrected chi connectivity index (χ3v) is 4.36. The van der Waals surface area contributed by atoms with E-state index < -0.39 is 0 Å². The molecule has 1 aromatic carbocycles. The van der Waals surface area contributed by atoms with Crippen molar-refractivity contribution in [3.8, 4) is 0 Å². The van der Waals surface area contributed by atoms with Gasteiger partial charge in [-0.05, 0) is 37.1 Å². The van der Waals surface area contributed by atoms with Gasteiger partial charge >= 0.3 is 0 Å². The normalized spacial score (nSPS) is 14.2. The second-order valence-corrected chi connectivity index (χ2v) is 5.84. The maximum Gasteiger partial charge on any atom is 0.169 e. The SMILES string of the molecule is Cc1csc(CC(=O)c2ccc3c(c2)CNCC3)n1. The second-order valence-electron chi connectivity index (χ2n) is 4.89. The Balaban J connectivity index is 1.80. The summed E-state index contributed by atoms with van der Waals surface area (Å²) in [7, 11) is 0. The van der Waals surface area contributed by atoms with Gasteiger partial charge in [-0.1, -0.05) is 12.1 Å². The summed E-state index contributed by atoms with van der Waals surface area (Å²) in [5.74, 6) is 0.155. The number of thiazole rings is 1. The molecule has 19 heavy (non-hydrogen) atoms. The molecule has 3 nitrogen and oxygen atoms in total. The first kappa shape index (κ1) is 12.5.